The number of rotatable bonds is 2. The number of aromatic amines is 1. The van der Waals surface area contributed by atoms with Crippen molar-refractivity contribution in [1.29, 1.82) is 0 Å². The molecule has 39 heavy (non-hydrogen) atoms. The van der Waals surface area contributed by atoms with Crippen LogP contribution in [0.25, 0.3) is 21.8 Å². The normalized spacial score (nSPS) is 21.4. The molecular weight excluding hydrogens is 498 g/mol. The van der Waals surface area contributed by atoms with Gasteiger partial charge in [-0.3, -0.25) is 9.69 Å². The zero-order valence-corrected chi connectivity index (χ0v) is 23.2. The molecule has 0 atom stereocenters. The highest BCUT2D eigenvalue weighted by Gasteiger charge is 2.46. The van der Waals surface area contributed by atoms with Crippen LogP contribution in [0.4, 0.5) is 0 Å². The van der Waals surface area contributed by atoms with Crippen molar-refractivity contribution in [1.82, 2.24) is 14.9 Å². The number of hydroxylamine groups is 2. The van der Waals surface area contributed by atoms with Gasteiger partial charge in [0.1, 0.15) is 24.7 Å². The summed E-state index contributed by atoms with van der Waals surface area (Å²) in [6.45, 7) is 12.5. The molecule has 3 aromatic rings. The number of nitrogens with one attached hydrogen (secondary N) is 1. The van der Waals surface area contributed by atoms with Gasteiger partial charge in [0.15, 0.2) is 5.43 Å². The van der Waals surface area contributed by atoms with Gasteiger partial charge in [0.05, 0.1) is 48.5 Å². The fourth-order valence-corrected chi connectivity index (χ4v) is 5.48. The Hall–Kier alpha value is -2.95. The Morgan fingerprint density at radius 2 is 1.33 bits per heavy atom. The summed E-state index contributed by atoms with van der Waals surface area (Å²) in [6.07, 6.45) is 2.09. The molecule has 2 aliphatic heterocycles. The summed E-state index contributed by atoms with van der Waals surface area (Å²) in [4.78, 5) is 18.9. The van der Waals surface area contributed by atoms with Gasteiger partial charge in [0.2, 0.25) is 0 Å². The Morgan fingerprint density at radius 3 is 1.82 bits per heavy atom. The minimum absolute atomic E-state index is 0.0688. The first-order chi connectivity index (χ1) is 18.7. The van der Waals surface area contributed by atoms with E-state index in [0.29, 0.717) is 92.6 Å². The fraction of sp³-hybridized carbons (Fsp3) is 0.500. The van der Waals surface area contributed by atoms with Gasteiger partial charge in [-0.25, -0.2) is 0 Å². The van der Waals surface area contributed by atoms with E-state index in [1.165, 1.54) is 5.06 Å². The van der Waals surface area contributed by atoms with Gasteiger partial charge in [-0.1, -0.05) is 18.2 Å². The summed E-state index contributed by atoms with van der Waals surface area (Å²) in [5.74, 6) is 1.19. The van der Waals surface area contributed by atoms with E-state index in [-0.39, 0.29) is 5.43 Å². The molecule has 3 heterocycles. The predicted octanol–water partition coefficient (Wildman–Crippen LogP) is 3.93. The van der Waals surface area contributed by atoms with E-state index in [2.05, 4.69) is 16.0 Å². The zero-order chi connectivity index (χ0) is 27.6. The van der Waals surface area contributed by atoms with Gasteiger partial charge >= 0.3 is 0 Å². The first-order valence-electron chi connectivity index (χ1n) is 13.6. The van der Waals surface area contributed by atoms with Crippen LogP contribution >= 0.6 is 0 Å². The highest BCUT2D eigenvalue weighted by Crippen LogP contribution is 2.39. The van der Waals surface area contributed by atoms with Gasteiger partial charge in [-0.15, -0.1) is 10.3 Å². The second-order valence-electron chi connectivity index (χ2n) is 11.2. The lowest BCUT2D eigenvalue weighted by molar-refractivity contribution is -0.239. The number of ether oxygens (including phenoxy) is 4. The number of pyridine rings is 1. The number of aromatic nitrogens is 1. The second-order valence-corrected chi connectivity index (χ2v) is 11.2. The van der Waals surface area contributed by atoms with E-state index in [4.69, 9.17) is 18.9 Å². The van der Waals surface area contributed by atoms with E-state index >= 15 is 0 Å². The summed E-state index contributed by atoms with van der Waals surface area (Å²) in [7, 11) is 0. The number of H-pyrrole nitrogens is 1. The average Bonchev–Trinajstić information content (AvgIpc) is 3.06. The van der Waals surface area contributed by atoms with Gasteiger partial charge in [0, 0.05) is 30.4 Å². The minimum Gasteiger partial charge on any atom is -0.489 e. The molecule has 209 valence electrons. The molecule has 0 unspecified atom stereocenters. The topological polar surface area (TPSA) is 96.2 Å². The molecule has 0 fully saturated rings. The van der Waals surface area contributed by atoms with Gasteiger partial charge in [-0.2, -0.15) is 0 Å². The molecule has 0 spiro atoms. The highest BCUT2D eigenvalue weighted by molar-refractivity contribution is 5.97. The van der Waals surface area contributed by atoms with Crippen LogP contribution < -0.4 is 14.9 Å². The summed E-state index contributed by atoms with van der Waals surface area (Å²) in [5, 5.41) is 15.2. The average molecular weight is 537 g/mol. The van der Waals surface area contributed by atoms with Crippen molar-refractivity contribution >= 4 is 21.8 Å². The van der Waals surface area contributed by atoms with Crippen molar-refractivity contribution in [2.75, 3.05) is 59.3 Å². The van der Waals surface area contributed by atoms with Crippen molar-refractivity contribution in [2.24, 2.45) is 0 Å². The Morgan fingerprint density at radius 1 is 0.795 bits per heavy atom. The molecule has 2 aliphatic rings. The van der Waals surface area contributed by atoms with E-state index < -0.39 is 11.1 Å². The first-order valence-corrected chi connectivity index (χ1v) is 13.6. The SMILES string of the molecule is CC1(C)C=C(CN2CCOCCOc3cccc4c(=O)c5cccc(c5[nH]c34)OCCOCC2)C(C)(C)N1[O]. The monoisotopic (exact) mass is 536 g/mol. The summed E-state index contributed by atoms with van der Waals surface area (Å²) in [5.41, 5.74) is 1.20. The minimum atomic E-state index is -0.572. The van der Waals surface area contributed by atoms with Crippen LogP contribution in [0, 0.1) is 0 Å². The first kappa shape index (κ1) is 27.6. The van der Waals surface area contributed by atoms with E-state index in [1.54, 1.807) is 12.1 Å². The van der Waals surface area contributed by atoms with Crippen LogP contribution in [0.5, 0.6) is 11.5 Å². The summed E-state index contributed by atoms with van der Waals surface area (Å²) >= 11 is 0. The molecule has 1 radical (unpaired) electrons. The molecule has 0 saturated carbocycles. The van der Waals surface area contributed by atoms with E-state index in [1.807, 2.05) is 52.0 Å². The molecule has 2 aromatic carbocycles. The third-order valence-electron chi connectivity index (χ3n) is 7.60. The largest absolute Gasteiger partial charge is 0.489 e. The zero-order valence-electron chi connectivity index (χ0n) is 23.2. The third-order valence-corrected chi connectivity index (χ3v) is 7.60. The lowest BCUT2D eigenvalue weighted by atomic mass is 9.96. The van der Waals surface area contributed by atoms with Crippen molar-refractivity contribution in [2.45, 2.75) is 38.8 Å². The molecule has 2 bridgehead atoms. The van der Waals surface area contributed by atoms with Gasteiger partial charge in [0.25, 0.3) is 0 Å². The number of hydrogen-bond acceptors (Lipinski definition) is 7. The third kappa shape index (κ3) is 5.69. The van der Waals surface area contributed by atoms with Crippen LogP contribution in [-0.2, 0) is 14.7 Å². The maximum absolute atomic E-state index is 13.2. The summed E-state index contributed by atoms with van der Waals surface area (Å²) < 4.78 is 23.9. The molecule has 9 heteroatoms. The Bertz CT molecular complexity index is 1340. The fourth-order valence-electron chi connectivity index (χ4n) is 5.48. The van der Waals surface area contributed by atoms with E-state index in [9.17, 15) is 10.0 Å². The Kier molecular flexibility index (Phi) is 7.98. The van der Waals surface area contributed by atoms with Crippen molar-refractivity contribution < 1.29 is 24.2 Å². The Balaban J connectivity index is 1.33. The van der Waals surface area contributed by atoms with Crippen LogP contribution in [0.2, 0.25) is 0 Å². The molecular formula is C30H38N3O6. The molecule has 0 aliphatic carbocycles. The quantitative estimate of drug-likeness (QED) is 0.392. The van der Waals surface area contributed by atoms with E-state index in [0.717, 1.165) is 5.57 Å². The van der Waals surface area contributed by atoms with Crippen LogP contribution in [-0.4, -0.2) is 85.3 Å². The highest BCUT2D eigenvalue weighted by atomic mass is 16.5. The number of hydrogen-bond donors (Lipinski definition) is 1. The molecule has 5 rings (SSSR count). The second kappa shape index (κ2) is 11.3. The van der Waals surface area contributed by atoms with Crippen molar-refractivity contribution in [3.8, 4) is 11.5 Å². The number of benzene rings is 2. The lowest BCUT2D eigenvalue weighted by Crippen LogP contribution is -2.48. The maximum Gasteiger partial charge on any atom is 0.197 e. The van der Waals surface area contributed by atoms with Crippen LogP contribution in [0.3, 0.4) is 0 Å². The van der Waals surface area contributed by atoms with Gasteiger partial charge in [-0.05, 0) is 57.5 Å². The molecule has 1 aromatic heterocycles. The van der Waals surface area contributed by atoms with Crippen molar-refractivity contribution in [3.05, 3.63) is 58.3 Å². The lowest BCUT2D eigenvalue weighted by Gasteiger charge is -2.35. The molecule has 1 N–H and O–H groups in total. The molecule has 9 nitrogen and oxygen atoms in total. The standard InChI is InChI=1S/C30H38N3O6/c1-29(2)19-21(30(3,4)33(29)35)20-32-11-13-36-15-17-38-24-9-5-7-22-26(24)31-27-23(28(22)34)8-6-10-25(27)39-18-16-37-14-12-32/h5-10,19H,11-18,20H2,1-4H3,(H,31,34). The molecule has 0 amide bonds. The molecule has 0 saturated heterocycles. The van der Waals surface area contributed by atoms with Crippen LogP contribution in [0.15, 0.2) is 52.8 Å². The van der Waals surface area contributed by atoms with Crippen molar-refractivity contribution in [3.63, 3.8) is 0 Å². The smallest absolute Gasteiger partial charge is 0.197 e. The predicted molar refractivity (Wildman–Crippen MR) is 150 cm³/mol. The van der Waals surface area contributed by atoms with Crippen LogP contribution in [0.1, 0.15) is 27.7 Å². The number of para-hydroxylation sites is 2. The maximum atomic E-state index is 13.2. The van der Waals surface area contributed by atoms with Gasteiger partial charge < -0.3 is 23.9 Å². The Labute approximate surface area is 228 Å². The number of nitrogens with zero attached hydrogens (tertiary/aromatic N) is 2. The summed E-state index contributed by atoms with van der Waals surface area (Å²) in [6, 6.07) is 10.9.